The average molecular weight is 256 g/mol. The van der Waals surface area contributed by atoms with E-state index in [1.165, 1.54) is 12.5 Å². The number of rotatable bonds is 6. The minimum Gasteiger partial charge on any atom is -0.478 e. The van der Waals surface area contributed by atoms with Gasteiger partial charge < -0.3 is 5.11 Å². The molecule has 1 aromatic heterocycles. The first-order valence-electron chi connectivity index (χ1n) is 5.41. The second-order valence-corrected chi connectivity index (χ2v) is 5.45. The lowest BCUT2D eigenvalue weighted by Gasteiger charge is -2.08. The zero-order valence-electron chi connectivity index (χ0n) is 9.92. The van der Waals surface area contributed by atoms with Gasteiger partial charge in [0.25, 0.3) is 0 Å². The molecule has 5 nitrogen and oxygen atoms in total. The van der Waals surface area contributed by atoms with Gasteiger partial charge in [0.05, 0.1) is 11.4 Å². The van der Waals surface area contributed by atoms with Crippen LogP contribution in [0.4, 0.5) is 0 Å². The Morgan fingerprint density at radius 3 is 2.88 bits per heavy atom. The standard InChI is InChI=1S/C11H16N2O3S/c1-3-8(2)5-17(16)6-10-9(11(14)15)4-12-7-13-10/h4,7-8H,3,5-6H2,1-2H3,(H,14,15). The van der Waals surface area contributed by atoms with Crippen LogP contribution in [0.15, 0.2) is 12.5 Å². The molecule has 1 N–H and O–H groups in total. The van der Waals surface area contributed by atoms with Gasteiger partial charge in [-0.25, -0.2) is 14.8 Å². The van der Waals surface area contributed by atoms with Gasteiger partial charge in [0.2, 0.25) is 0 Å². The van der Waals surface area contributed by atoms with Crippen LogP contribution in [0.1, 0.15) is 36.3 Å². The van der Waals surface area contributed by atoms with E-state index in [4.69, 9.17) is 5.11 Å². The van der Waals surface area contributed by atoms with E-state index in [1.807, 2.05) is 13.8 Å². The number of carboxylic acid groups (broad SMARTS) is 1. The van der Waals surface area contributed by atoms with Crippen molar-refractivity contribution in [1.29, 1.82) is 0 Å². The number of hydrogen-bond acceptors (Lipinski definition) is 4. The monoisotopic (exact) mass is 256 g/mol. The predicted octanol–water partition coefficient (Wildman–Crippen LogP) is 1.47. The molecular weight excluding hydrogens is 240 g/mol. The molecule has 1 aromatic rings. The summed E-state index contributed by atoms with van der Waals surface area (Å²) in [5.41, 5.74) is 0.374. The van der Waals surface area contributed by atoms with Crippen molar-refractivity contribution in [3.8, 4) is 0 Å². The van der Waals surface area contributed by atoms with Gasteiger partial charge in [0, 0.05) is 22.7 Å². The largest absolute Gasteiger partial charge is 0.478 e. The lowest BCUT2D eigenvalue weighted by molar-refractivity contribution is 0.0695. The first-order chi connectivity index (χ1) is 8.04. The Morgan fingerprint density at radius 1 is 1.59 bits per heavy atom. The molecule has 0 amide bonds. The van der Waals surface area contributed by atoms with Crippen molar-refractivity contribution in [3.05, 3.63) is 23.8 Å². The molecule has 0 aromatic carbocycles. The summed E-state index contributed by atoms with van der Waals surface area (Å²) in [7, 11) is -1.08. The van der Waals surface area contributed by atoms with E-state index in [2.05, 4.69) is 9.97 Å². The molecule has 0 bridgehead atoms. The second kappa shape index (κ2) is 6.44. The van der Waals surface area contributed by atoms with E-state index < -0.39 is 16.8 Å². The minimum absolute atomic E-state index is 0.0324. The molecule has 0 aliphatic heterocycles. The highest BCUT2D eigenvalue weighted by molar-refractivity contribution is 7.84. The Kier molecular flexibility index (Phi) is 5.21. The van der Waals surface area contributed by atoms with Crippen molar-refractivity contribution in [1.82, 2.24) is 9.97 Å². The molecule has 17 heavy (non-hydrogen) atoms. The summed E-state index contributed by atoms with van der Waals surface area (Å²) in [6, 6.07) is 0. The fraction of sp³-hybridized carbons (Fsp3) is 0.545. The van der Waals surface area contributed by atoms with Crippen LogP contribution in [0.25, 0.3) is 0 Å². The van der Waals surface area contributed by atoms with Gasteiger partial charge in [-0.2, -0.15) is 0 Å². The van der Waals surface area contributed by atoms with E-state index in [0.717, 1.165) is 6.42 Å². The first kappa shape index (κ1) is 13.8. The van der Waals surface area contributed by atoms with Crippen molar-refractivity contribution in [2.75, 3.05) is 5.75 Å². The summed E-state index contributed by atoms with van der Waals surface area (Å²) >= 11 is 0. The van der Waals surface area contributed by atoms with Crippen molar-refractivity contribution < 1.29 is 14.1 Å². The van der Waals surface area contributed by atoms with E-state index in [-0.39, 0.29) is 11.3 Å². The lowest BCUT2D eigenvalue weighted by atomic mass is 10.2. The normalized spacial score (nSPS) is 14.2. The van der Waals surface area contributed by atoms with Gasteiger partial charge in [-0.3, -0.25) is 4.21 Å². The Labute approximate surface area is 103 Å². The fourth-order valence-corrected chi connectivity index (χ4v) is 2.82. The highest BCUT2D eigenvalue weighted by Gasteiger charge is 2.15. The molecule has 0 aliphatic rings. The maximum absolute atomic E-state index is 11.8. The third-order valence-electron chi connectivity index (χ3n) is 2.49. The van der Waals surface area contributed by atoms with Crippen LogP contribution in [0.3, 0.4) is 0 Å². The first-order valence-corrected chi connectivity index (χ1v) is 6.90. The van der Waals surface area contributed by atoms with Crippen molar-refractivity contribution >= 4 is 16.8 Å². The molecule has 1 heterocycles. The van der Waals surface area contributed by atoms with Crippen molar-refractivity contribution in [3.63, 3.8) is 0 Å². The van der Waals surface area contributed by atoms with Crippen LogP contribution in [-0.2, 0) is 16.6 Å². The third-order valence-corrected chi connectivity index (χ3v) is 4.03. The van der Waals surface area contributed by atoms with Gasteiger partial charge in [-0.15, -0.1) is 0 Å². The molecule has 0 saturated heterocycles. The predicted molar refractivity (Wildman–Crippen MR) is 65.2 cm³/mol. The molecule has 94 valence electrons. The van der Waals surface area contributed by atoms with Crippen LogP contribution < -0.4 is 0 Å². The minimum atomic E-state index is -1.08. The molecule has 0 saturated carbocycles. The SMILES string of the molecule is CCC(C)CS(=O)Cc1ncncc1C(=O)O. The third kappa shape index (κ3) is 4.22. The highest BCUT2D eigenvalue weighted by Crippen LogP contribution is 2.10. The summed E-state index contributed by atoms with van der Waals surface area (Å²) in [5, 5.41) is 8.93. The zero-order valence-corrected chi connectivity index (χ0v) is 10.7. The molecule has 0 fully saturated rings. The van der Waals surface area contributed by atoms with Gasteiger partial charge in [0.1, 0.15) is 11.9 Å². The maximum atomic E-state index is 11.8. The van der Waals surface area contributed by atoms with Gasteiger partial charge >= 0.3 is 5.97 Å². The van der Waals surface area contributed by atoms with Crippen LogP contribution in [-0.4, -0.2) is 31.0 Å². The quantitative estimate of drug-likeness (QED) is 0.833. The molecule has 0 spiro atoms. The number of carbonyl (C=O) groups is 1. The van der Waals surface area contributed by atoms with Crippen LogP contribution in [0.2, 0.25) is 0 Å². The van der Waals surface area contributed by atoms with E-state index >= 15 is 0 Å². The summed E-state index contributed by atoms with van der Waals surface area (Å²) in [6.45, 7) is 4.06. The Balaban J connectivity index is 2.74. The summed E-state index contributed by atoms with van der Waals surface area (Å²) in [6.07, 6.45) is 3.48. The Morgan fingerprint density at radius 2 is 2.29 bits per heavy atom. The average Bonchev–Trinajstić information content (AvgIpc) is 2.29. The molecule has 2 unspecified atom stereocenters. The van der Waals surface area contributed by atoms with Gasteiger partial charge in [0.15, 0.2) is 0 Å². The molecule has 6 heteroatoms. The topological polar surface area (TPSA) is 80.2 Å². The van der Waals surface area contributed by atoms with Crippen LogP contribution >= 0.6 is 0 Å². The Bertz CT molecular complexity index is 423. The highest BCUT2D eigenvalue weighted by atomic mass is 32.2. The number of aromatic nitrogens is 2. The van der Waals surface area contributed by atoms with Crippen LogP contribution in [0, 0.1) is 5.92 Å². The number of carboxylic acids is 1. The molecular formula is C11H16N2O3S. The molecule has 0 aliphatic carbocycles. The van der Waals surface area contributed by atoms with Crippen molar-refractivity contribution in [2.45, 2.75) is 26.0 Å². The fourth-order valence-electron chi connectivity index (χ4n) is 1.30. The van der Waals surface area contributed by atoms with E-state index in [0.29, 0.717) is 17.4 Å². The van der Waals surface area contributed by atoms with Crippen molar-refractivity contribution in [2.24, 2.45) is 5.92 Å². The van der Waals surface area contributed by atoms with Gasteiger partial charge in [-0.05, 0) is 5.92 Å². The summed E-state index contributed by atoms with van der Waals surface area (Å²) in [4.78, 5) is 18.5. The van der Waals surface area contributed by atoms with E-state index in [9.17, 15) is 9.00 Å². The summed E-state index contributed by atoms with van der Waals surface area (Å²) in [5.74, 6) is 0.0284. The molecule has 2 atom stereocenters. The number of hydrogen-bond donors (Lipinski definition) is 1. The number of aromatic carboxylic acids is 1. The molecule has 1 rings (SSSR count). The smallest absolute Gasteiger partial charge is 0.339 e. The lowest BCUT2D eigenvalue weighted by Crippen LogP contribution is -2.13. The Hall–Kier alpha value is -1.30. The zero-order chi connectivity index (χ0) is 12.8. The second-order valence-electron chi connectivity index (χ2n) is 3.95. The summed E-state index contributed by atoms with van der Waals surface area (Å²) < 4.78 is 11.8. The van der Waals surface area contributed by atoms with Crippen LogP contribution in [0.5, 0.6) is 0 Å². The molecule has 0 radical (unpaired) electrons. The number of nitrogens with zero attached hydrogens (tertiary/aromatic N) is 2. The van der Waals surface area contributed by atoms with Gasteiger partial charge in [-0.1, -0.05) is 20.3 Å². The maximum Gasteiger partial charge on any atom is 0.339 e. The van der Waals surface area contributed by atoms with E-state index in [1.54, 1.807) is 0 Å².